The summed E-state index contributed by atoms with van der Waals surface area (Å²) < 4.78 is 10.9. The molecular formula is C14H16O2. The molecule has 1 aliphatic rings. The van der Waals surface area contributed by atoms with E-state index in [-0.39, 0.29) is 6.10 Å². The zero-order chi connectivity index (χ0) is 11.5. The van der Waals surface area contributed by atoms with Gasteiger partial charge in [0, 0.05) is 6.42 Å². The molecule has 2 heteroatoms. The Morgan fingerprint density at radius 1 is 1.31 bits per heavy atom. The van der Waals surface area contributed by atoms with Gasteiger partial charge in [0.15, 0.2) is 0 Å². The molecular weight excluding hydrogens is 200 g/mol. The molecule has 1 aliphatic heterocycles. The number of methoxy groups -OCH3 is 1. The van der Waals surface area contributed by atoms with Crippen LogP contribution in [0.3, 0.4) is 0 Å². The van der Waals surface area contributed by atoms with Crippen LogP contribution in [0.2, 0.25) is 0 Å². The molecule has 1 saturated heterocycles. The smallest absolute Gasteiger partial charge is 0.119 e. The van der Waals surface area contributed by atoms with Crippen molar-refractivity contribution in [3.8, 4) is 5.75 Å². The van der Waals surface area contributed by atoms with Gasteiger partial charge in [0.25, 0.3) is 0 Å². The van der Waals surface area contributed by atoms with Crippen molar-refractivity contribution in [2.45, 2.75) is 12.5 Å². The lowest BCUT2D eigenvalue weighted by atomic mass is 9.95. The molecule has 1 fully saturated rings. The topological polar surface area (TPSA) is 18.5 Å². The van der Waals surface area contributed by atoms with Crippen molar-refractivity contribution < 1.29 is 9.47 Å². The van der Waals surface area contributed by atoms with Gasteiger partial charge >= 0.3 is 0 Å². The number of rotatable bonds is 2. The molecule has 2 nitrogen and oxygen atoms in total. The van der Waals surface area contributed by atoms with E-state index in [0.717, 1.165) is 28.9 Å². The highest BCUT2D eigenvalue weighted by atomic mass is 16.5. The molecule has 0 amide bonds. The molecule has 84 valence electrons. The lowest BCUT2D eigenvalue weighted by molar-refractivity contribution is 0.0570. The van der Waals surface area contributed by atoms with E-state index in [2.05, 4.69) is 19.2 Å². The first kappa shape index (κ1) is 11.0. The molecule has 0 saturated carbocycles. The van der Waals surface area contributed by atoms with E-state index in [4.69, 9.17) is 9.47 Å². The van der Waals surface area contributed by atoms with Gasteiger partial charge < -0.3 is 9.47 Å². The van der Waals surface area contributed by atoms with E-state index in [9.17, 15) is 0 Å². The maximum Gasteiger partial charge on any atom is 0.119 e. The minimum absolute atomic E-state index is 0.0769. The predicted octanol–water partition coefficient (Wildman–Crippen LogP) is 3.27. The Hall–Kier alpha value is -1.54. The molecule has 2 rings (SSSR count). The van der Waals surface area contributed by atoms with Gasteiger partial charge in [-0.05, 0) is 28.8 Å². The van der Waals surface area contributed by atoms with Crippen molar-refractivity contribution in [1.29, 1.82) is 0 Å². The van der Waals surface area contributed by atoms with Crippen LogP contribution in [0.1, 0.15) is 18.1 Å². The minimum atomic E-state index is 0.0769. The molecule has 1 aromatic rings. The first-order chi connectivity index (χ1) is 7.70. The average molecular weight is 216 g/mol. The van der Waals surface area contributed by atoms with Crippen LogP contribution in [0.25, 0.3) is 0 Å². The summed E-state index contributed by atoms with van der Waals surface area (Å²) in [5.41, 5.74) is 3.21. The van der Waals surface area contributed by atoms with E-state index in [1.807, 2.05) is 18.2 Å². The number of ether oxygens (including phenoxy) is 2. The Kier molecular flexibility index (Phi) is 3.11. The fourth-order valence-corrected chi connectivity index (χ4v) is 1.79. The molecule has 0 N–H and O–H groups in total. The van der Waals surface area contributed by atoms with Gasteiger partial charge in [0.05, 0.1) is 19.8 Å². The fourth-order valence-electron chi connectivity index (χ4n) is 1.79. The highest BCUT2D eigenvalue weighted by Gasteiger charge is 2.20. The van der Waals surface area contributed by atoms with E-state index in [1.54, 1.807) is 7.11 Å². The third-order valence-corrected chi connectivity index (χ3v) is 2.86. The van der Waals surface area contributed by atoms with E-state index >= 15 is 0 Å². The normalized spacial score (nSPS) is 20.9. The second-order valence-electron chi connectivity index (χ2n) is 3.99. The van der Waals surface area contributed by atoms with Crippen molar-refractivity contribution in [3.63, 3.8) is 0 Å². The molecule has 1 atom stereocenters. The molecule has 1 aromatic carbocycles. The average Bonchev–Trinajstić information content (AvgIpc) is 2.33. The summed E-state index contributed by atoms with van der Waals surface area (Å²) in [5, 5.41) is 0. The summed E-state index contributed by atoms with van der Waals surface area (Å²) in [4.78, 5) is 0. The molecule has 0 aromatic heterocycles. The zero-order valence-corrected chi connectivity index (χ0v) is 9.53. The zero-order valence-electron chi connectivity index (χ0n) is 9.53. The standard InChI is InChI=1S/C14H16O2/c1-10-7-14(16-9-11(10)2)12-5-4-6-13(8-12)15-3/h4-6,8,14H,1-2,7,9H2,3H3. The maximum absolute atomic E-state index is 5.73. The largest absolute Gasteiger partial charge is 0.497 e. The Labute approximate surface area is 96.2 Å². The monoisotopic (exact) mass is 216 g/mol. The third-order valence-electron chi connectivity index (χ3n) is 2.86. The van der Waals surface area contributed by atoms with Gasteiger partial charge in [-0.1, -0.05) is 25.3 Å². The van der Waals surface area contributed by atoms with Crippen LogP contribution in [-0.2, 0) is 4.74 Å². The first-order valence-corrected chi connectivity index (χ1v) is 5.32. The highest BCUT2D eigenvalue weighted by molar-refractivity contribution is 5.34. The Morgan fingerprint density at radius 2 is 2.12 bits per heavy atom. The second kappa shape index (κ2) is 4.54. The number of benzene rings is 1. The number of hydrogen-bond acceptors (Lipinski definition) is 2. The van der Waals surface area contributed by atoms with Crippen LogP contribution >= 0.6 is 0 Å². The molecule has 1 heterocycles. The Bertz CT molecular complexity index is 420. The maximum atomic E-state index is 5.73. The summed E-state index contributed by atoms with van der Waals surface area (Å²) in [5.74, 6) is 0.858. The van der Waals surface area contributed by atoms with Crippen molar-refractivity contribution in [1.82, 2.24) is 0 Å². The van der Waals surface area contributed by atoms with Gasteiger partial charge in [-0.25, -0.2) is 0 Å². The third kappa shape index (κ3) is 2.17. The lowest BCUT2D eigenvalue weighted by Gasteiger charge is -2.26. The first-order valence-electron chi connectivity index (χ1n) is 5.32. The van der Waals surface area contributed by atoms with Gasteiger partial charge in [-0.3, -0.25) is 0 Å². The summed E-state index contributed by atoms with van der Waals surface area (Å²) >= 11 is 0. The summed E-state index contributed by atoms with van der Waals surface area (Å²) in [7, 11) is 1.67. The van der Waals surface area contributed by atoms with Gasteiger partial charge in [-0.2, -0.15) is 0 Å². The predicted molar refractivity (Wildman–Crippen MR) is 64.6 cm³/mol. The Balaban J connectivity index is 2.18. The van der Waals surface area contributed by atoms with Crippen molar-refractivity contribution in [3.05, 3.63) is 54.1 Å². The van der Waals surface area contributed by atoms with Crippen LogP contribution in [-0.4, -0.2) is 13.7 Å². The van der Waals surface area contributed by atoms with Gasteiger partial charge in [-0.15, -0.1) is 0 Å². The van der Waals surface area contributed by atoms with Gasteiger partial charge in [0.2, 0.25) is 0 Å². The molecule has 0 radical (unpaired) electrons. The second-order valence-corrected chi connectivity index (χ2v) is 3.99. The van der Waals surface area contributed by atoms with Crippen LogP contribution in [0.5, 0.6) is 5.75 Å². The van der Waals surface area contributed by atoms with E-state index < -0.39 is 0 Å². The molecule has 0 aliphatic carbocycles. The summed E-state index contributed by atoms with van der Waals surface area (Å²) in [6, 6.07) is 7.96. The van der Waals surface area contributed by atoms with Crippen LogP contribution < -0.4 is 4.74 Å². The summed E-state index contributed by atoms with van der Waals surface area (Å²) in [6.07, 6.45) is 0.888. The number of hydrogen-bond donors (Lipinski definition) is 0. The summed E-state index contributed by atoms with van der Waals surface area (Å²) in [6.45, 7) is 8.48. The van der Waals surface area contributed by atoms with E-state index in [1.165, 1.54) is 0 Å². The van der Waals surface area contributed by atoms with Crippen molar-refractivity contribution >= 4 is 0 Å². The van der Waals surface area contributed by atoms with Crippen molar-refractivity contribution in [2.75, 3.05) is 13.7 Å². The van der Waals surface area contributed by atoms with Crippen molar-refractivity contribution in [2.24, 2.45) is 0 Å². The highest BCUT2D eigenvalue weighted by Crippen LogP contribution is 2.33. The molecule has 16 heavy (non-hydrogen) atoms. The molecule has 0 bridgehead atoms. The SMILES string of the molecule is C=C1COC(c2cccc(OC)c2)CC1=C. The minimum Gasteiger partial charge on any atom is -0.497 e. The van der Waals surface area contributed by atoms with Crippen LogP contribution in [0.15, 0.2) is 48.6 Å². The molecule has 1 unspecified atom stereocenters. The van der Waals surface area contributed by atoms with Gasteiger partial charge in [0.1, 0.15) is 5.75 Å². The Morgan fingerprint density at radius 3 is 2.81 bits per heavy atom. The quantitative estimate of drug-likeness (QED) is 0.755. The van der Waals surface area contributed by atoms with E-state index in [0.29, 0.717) is 6.61 Å². The lowest BCUT2D eigenvalue weighted by Crippen LogP contribution is -2.15. The van der Waals surface area contributed by atoms with Crippen LogP contribution in [0, 0.1) is 0 Å². The fraction of sp³-hybridized carbons (Fsp3) is 0.286. The van der Waals surface area contributed by atoms with Crippen LogP contribution in [0.4, 0.5) is 0 Å². The molecule has 0 spiro atoms.